The molecule has 1 N–H and O–H groups in total. The Morgan fingerprint density at radius 2 is 2.16 bits per heavy atom. The highest BCUT2D eigenvalue weighted by molar-refractivity contribution is 5.79. The van der Waals surface area contributed by atoms with Crippen LogP contribution >= 0.6 is 0 Å². The minimum Gasteiger partial charge on any atom is -0.497 e. The highest BCUT2D eigenvalue weighted by atomic mass is 16.5. The maximum absolute atomic E-state index is 12.1. The normalized spacial score (nSPS) is 22.8. The maximum atomic E-state index is 12.1. The number of amides is 1. The number of hydrogen-bond acceptors (Lipinski definition) is 2. The molecule has 3 nitrogen and oxygen atoms in total. The number of benzene rings is 1. The van der Waals surface area contributed by atoms with Crippen LogP contribution < -0.4 is 10.1 Å². The topological polar surface area (TPSA) is 38.3 Å². The summed E-state index contributed by atoms with van der Waals surface area (Å²) < 4.78 is 5.17. The van der Waals surface area contributed by atoms with Crippen molar-refractivity contribution < 1.29 is 9.53 Å². The first-order valence-corrected chi connectivity index (χ1v) is 7.11. The summed E-state index contributed by atoms with van der Waals surface area (Å²) >= 11 is 0. The van der Waals surface area contributed by atoms with Crippen molar-refractivity contribution in [2.45, 2.75) is 45.1 Å². The molecular formula is C16H23NO2. The number of rotatable bonds is 4. The fourth-order valence-electron chi connectivity index (χ4n) is 2.76. The van der Waals surface area contributed by atoms with Crippen LogP contribution in [0.5, 0.6) is 5.75 Å². The summed E-state index contributed by atoms with van der Waals surface area (Å²) in [5.74, 6) is 1.52. The first-order valence-electron chi connectivity index (χ1n) is 7.11. The number of nitrogens with one attached hydrogen (secondary N) is 1. The van der Waals surface area contributed by atoms with Crippen LogP contribution in [0.25, 0.3) is 0 Å². The van der Waals surface area contributed by atoms with Gasteiger partial charge in [0, 0.05) is 6.04 Å². The molecule has 1 saturated carbocycles. The summed E-state index contributed by atoms with van der Waals surface area (Å²) in [6, 6.07) is 8.05. The van der Waals surface area contributed by atoms with E-state index < -0.39 is 0 Å². The Balaban J connectivity index is 1.89. The molecule has 0 radical (unpaired) electrons. The molecule has 0 aliphatic heterocycles. The van der Waals surface area contributed by atoms with Crippen LogP contribution in [-0.2, 0) is 11.2 Å². The molecule has 1 fully saturated rings. The van der Waals surface area contributed by atoms with E-state index in [0.717, 1.165) is 17.7 Å². The number of carbonyl (C=O) groups excluding carboxylic acids is 1. The molecule has 2 rings (SSSR count). The predicted molar refractivity (Wildman–Crippen MR) is 76.3 cm³/mol. The van der Waals surface area contributed by atoms with Gasteiger partial charge in [-0.1, -0.05) is 31.9 Å². The molecule has 3 heteroatoms. The first-order chi connectivity index (χ1) is 9.19. The van der Waals surface area contributed by atoms with Crippen molar-refractivity contribution in [3.05, 3.63) is 29.8 Å². The molecule has 0 saturated heterocycles. The van der Waals surface area contributed by atoms with E-state index >= 15 is 0 Å². The van der Waals surface area contributed by atoms with E-state index in [1.807, 2.05) is 24.3 Å². The molecule has 2 unspecified atom stereocenters. The number of methoxy groups -OCH3 is 1. The molecular weight excluding hydrogens is 238 g/mol. The van der Waals surface area contributed by atoms with Crippen LogP contribution in [0.3, 0.4) is 0 Å². The summed E-state index contributed by atoms with van der Waals surface area (Å²) in [6.45, 7) is 2.23. The fraction of sp³-hybridized carbons (Fsp3) is 0.562. The van der Waals surface area contributed by atoms with Gasteiger partial charge in [-0.25, -0.2) is 0 Å². The third-order valence-electron chi connectivity index (χ3n) is 3.96. The monoisotopic (exact) mass is 261 g/mol. The zero-order chi connectivity index (χ0) is 13.7. The van der Waals surface area contributed by atoms with Gasteiger partial charge >= 0.3 is 0 Å². The third kappa shape index (κ3) is 3.98. The standard InChI is InChI=1S/C16H23NO2/c1-12-6-3-4-9-15(12)17-16(18)11-13-7-5-8-14(10-13)19-2/h5,7-8,10,12,15H,3-4,6,9,11H2,1-2H3,(H,17,18). The van der Waals surface area contributed by atoms with Gasteiger partial charge in [-0.2, -0.15) is 0 Å². The molecule has 2 atom stereocenters. The highest BCUT2D eigenvalue weighted by Crippen LogP contribution is 2.23. The Kier molecular flexibility index (Phi) is 4.83. The Hall–Kier alpha value is -1.51. The number of hydrogen-bond donors (Lipinski definition) is 1. The number of ether oxygens (including phenoxy) is 1. The lowest BCUT2D eigenvalue weighted by molar-refractivity contribution is -0.121. The van der Waals surface area contributed by atoms with Crippen molar-refractivity contribution in [1.82, 2.24) is 5.32 Å². The van der Waals surface area contributed by atoms with Gasteiger partial charge in [0.2, 0.25) is 5.91 Å². The van der Waals surface area contributed by atoms with Gasteiger partial charge in [-0.15, -0.1) is 0 Å². The van der Waals surface area contributed by atoms with Gasteiger partial charge in [-0.05, 0) is 36.5 Å². The molecule has 0 aromatic heterocycles. The molecule has 1 aliphatic rings. The molecule has 0 spiro atoms. The highest BCUT2D eigenvalue weighted by Gasteiger charge is 2.22. The summed E-state index contributed by atoms with van der Waals surface area (Å²) in [5.41, 5.74) is 1.00. The second kappa shape index (κ2) is 6.60. The molecule has 19 heavy (non-hydrogen) atoms. The Morgan fingerprint density at radius 1 is 1.37 bits per heavy atom. The van der Waals surface area contributed by atoms with E-state index in [-0.39, 0.29) is 5.91 Å². The van der Waals surface area contributed by atoms with Crippen molar-refractivity contribution >= 4 is 5.91 Å². The number of carbonyl (C=O) groups is 1. The van der Waals surface area contributed by atoms with Gasteiger partial charge in [-0.3, -0.25) is 4.79 Å². The lowest BCUT2D eigenvalue weighted by Gasteiger charge is -2.29. The predicted octanol–water partition coefficient (Wildman–Crippen LogP) is 2.93. The lowest BCUT2D eigenvalue weighted by Crippen LogP contribution is -2.41. The van der Waals surface area contributed by atoms with E-state index in [0.29, 0.717) is 18.4 Å². The second-order valence-corrected chi connectivity index (χ2v) is 5.46. The van der Waals surface area contributed by atoms with Crippen molar-refractivity contribution in [3.63, 3.8) is 0 Å². The third-order valence-corrected chi connectivity index (χ3v) is 3.96. The van der Waals surface area contributed by atoms with E-state index in [1.54, 1.807) is 7.11 Å². The lowest BCUT2D eigenvalue weighted by atomic mass is 9.86. The van der Waals surface area contributed by atoms with Crippen LogP contribution in [0, 0.1) is 5.92 Å². The SMILES string of the molecule is COc1cccc(CC(=O)NC2CCCCC2C)c1. The van der Waals surface area contributed by atoms with Gasteiger partial charge in [0.25, 0.3) is 0 Å². The van der Waals surface area contributed by atoms with Crippen LogP contribution in [0.1, 0.15) is 38.2 Å². The average Bonchev–Trinajstić information content (AvgIpc) is 2.41. The van der Waals surface area contributed by atoms with E-state index in [9.17, 15) is 4.79 Å². The molecule has 104 valence electrons. The van der Waals surface area contributed by atoms with Gasteiger partial charge in [0.1, 0.15) is 5.75 Å². The average molecular weight is 261 g/mol. The van der Waals surface area contributed by atoms with Gasteiger partial charge in [0.05, 0.1) is 13.5 Å². The van der Waals surface area contributed by atoms with E-state index in [1.165, 1.54) is 19.3 Å². The fourth-order valence-corrected chi connectivity index (χ4v) is 2.76. The Bertz CT molecular complexity index is 431. The molecule has 1 aromatic carbocycles. The minimum atomic E-state index is 0.118. The van der Waals surface area contributed by atoms with Crippen LogP contribution in [0.2, 0.25) is 0 Å². The Morgan fingerprint density at radius 3 is 2.89 bits per heavy atom. The summed E-state index contributed by atoms with van der Waals surface area (Å²) in [7, 11) is 1.64. The van der Waals surface area contributed by atoms with Gasteiger partial charge in [0.15, 0.2) is 0 Å². The smallest absolute Gasteiger partial charge is 0.224 e. The molecule has 1 aromatic rings. The first kappa shape index (κ1) is 13.9. The molecule has 0 bridgehead atoms. The molecule has 1 aliphatic carbocycles. The zero-order valence-electron chi connectivity index (χ0n) is 11.8. The van der Waals surface area contributed by atoms with Crippen molar-refractivity contribution in [3.8, 4) is 5.75 Å². The van der Waals surface area contributed by atoms with Crippen LogP contribution in [0.15, 0.2) is 24.3 Å². The Labute approximate surface area is 115 Å². The summed E-state index contributed by atoms with van der Waals surface area (Å²) in [6.07, 6.45) is 5.30. The van der Waals surface area contributed by atoms with Crippen molar-refractivity contribution in [2.75, 3.05) is 7.11 Å². The van der Waals surface area contributed by atoms with E-state index in [4.69, 9.17) is 4.74 Å². The van der Waals surface area contributed by atoms with Crippen LogP contribution in [-0.4, -0.2) is 19.1 Å². The molecule has 0 heterocycles. The molecule has 1 amide bonds. The van der Waals surface area contributed by atoms with Gasteiger partial charge < -0.3 is 10.1 Å². The van der Waals surface area contributed by atoms with Crippen molar-refractivity contribution in [2.24, 2.45) is 5.92 Å². The van der Waals surface area contributed by atoms with Crippen molar-refractivity contribution in [1.29, 1.82) is 0 Å². The quantitative estimate of drug-likeness (QED) is 0.905. The summed E-state index contributed by atoms with van der Waals surface area (Å²) in [4.78, 5) is 12.1. The minimum absolute atomic E-state index is 0.118. The zero-order valence-corrected chi connectivity index (χ0v) is 11.8. The largest absolute Gasteiger partial charge is 0.497 e. The van der Waals surface area contributed by atoms with Crippen LogP contribution in [0.4, 0.5) is 0 Å². The summed E-state index contributed by atoms with van der Waals surface area (Å²) in [5, 5.41) is 3.17. The second-order valence-electron chi connectivity index (χ2n) is 5.46. The maximum Gasteiger partial charge on any atom is 0.224 e. The van der Waals surface area contributed by atoms with E-state index in [2.05, 4.69) is 12.2 Å².